The van der Waals surface area contributed by atoms with Crippen molar-refractivity contribution in [2.75, 3.05) is 40.4 Å². The van der Waals surface area contributed by atoms with Gasteiger partial charge in [0.05, 0.1) is 12.6 Å². The summed E-state index contributed by atoms with van der Waals surface area (Å²) in [6.07, 6.45) is 2.42. The first kappa shape index (κ1) is 16.4. The van der Waals surface area contributed by atoms with Gasteiger partial charge in [-0.25, -0.2) is 0 Å². The van der Waals surface area contributed by atoms with Gasteiger partial charge in [0.2, 0.25) is 5.91 Å². The third kappa shape index (κ3) is 5.89. The molecule has 19 heavy (non-hydrogen) atoms. The normalized spacial score (nSPS) is 21.1. The van der Waals surface area contributed by atoms with Crippen molar-refractivity contribution in [2.45, 2.75) is 38.8 Å². The van der Waals surface area contributed by atoms with Crippen molar-refractivity contribution in [1.82, 2.24) is 15.5 Å². The molecule has 0 spiro atoms. The van der Waals surface area contributed by atoms with Crippen molar-refractivity contribution in [3.05, 3.63) is 0 Å². The Kier molecular flexibility index (Phi) is 7.34. The molecule has 5 nitrogen and oxygen atoms in total. The first-order valence-corrected chi connectivity index (χ1v) is 7.25. The van der Waals surface area contributed by atoms with E-state index >= 15 is 0 Å². The number of hydrogen-bond acceptors (Lipinski definition) is 4. The number of nitrogens with zero attached hydrogens (tertiary/aromatic N) is 1. The number of methoxy groups -OCH3 is 1. The zero-order valence-electron chi connectivity index (χ0n) is 12.7. The molecule has 0 aliphatic carbocycles. The second-order valence-corrected chi connectivity index (χ2v) is 5.60. The summed E-state index contributed by atoms with van der Waals surface area (Å²) < 4.78 is 4.92. The van der Waals surface area contributed by atoms with Gasteiger partial charge in [-0.05, 0) is 52.7 Å². The highest BCUT2D eigenvalue weighted by molar-refractivity contribution is 5.81. The molecule has 1 amide bonds. The van der Waals surface area contributed by atoms with E-state index in [-0.39, 0.29) is 11.9 Å². The Labute approximate surface area is 117 Å². The van der Waals surface area contributed by atoms with Crippen LogP contribution in [0.25, 0.3) is 0 Å². The fourth-order valence-corrected chi connectivity index (χ4v) is 2.56. The molecule has 0 saturated carbocycles. The summed E-state index contributed by atoms with van der Waals surface area (Å²) in [5, 5.41) is 6.28. The molecule has 1 rings (SSSR count). The molecule has 0 bridgehead atoms. The number of amides is 1. The largest absolute Gasteiger partial charge is 0.383 e. The quantitative estimate of drug-likeness (QED) is 0.661. The minimum atomic E-state index is -0.147. The van der Waals surface area contributed by atoms with Crippen molar-refractivity contribution in [3.8, 4) is 0 Å². The number of carbonyl (C=O) groups is 1. The Bertz CT molecular complexity index is 265. The molecule has 1 heterocycles. The van der Waals surface area contributed by atoms with E-state index in [1.165, 1.54) is 12.8 Å². The fourth-order valence-electron chi connectivity index (χ4n) is 2.56. The van der Waals surface area contributed by atoms with Crippen LogP contribution in [0.5, 0.6) is 0 Å². The van der Waals surface area contributed by atoms with Crippen molar-refractivity contribution in [3.63, 3.8) is 0 Å². The van der Waals surface area contributed by atoms with Gasteiger partial charge in [-0.15, -0.1) is 0 Å². The van der Waals surface area contributed by atoms with Crippen molar-refractivity contribution in [1.29, 1.82) is 0 Å². The molecule has 0 aromatic rings. The van der Waals surface area contributed by atoms with E-state index in [1.807, 2.05) is 6.92 Å². The minimum absolute atomic E-state index is 0.0526. The van der Waals surface area contributed by atoms with Crippen LogP contribution in [0.15, 0.2) is 0 Å². The van der Waals surface area contributed by atoms with Gasteiger partial charge in [-0.3, -0.25) is 4.79 Å². The molecule has 1 aliphatic heterocycles. The smallest absolute Gasteiger partial charge is 0.236 e. The van der Waals surface area contributed by atoms with Crippen LogP contribution in [0.2, 0.25) is 0 Å². The van der Waals surface area contributed by atoms with E-state index in [2.05, 4.69) is 29.5 Å². The van der Waals surface area contributed by atoms with Crippen molar-refractivity contribution < 1.29 is 9.53 Å². The maximum atomic E-state index is 11.9. The predicted octanol–water partition coefficient (Wildman–Crippen LogP) is 0.457. The summed E-state index contributed by atoms with van der Waals surface area (Å²) in [5.41, 5.74) is 0. The minimum Gasteiger partial charge on any atom is -0.383 e. The molecular weight excluding hydrogens is 242 g/mol. The Morgan fingerprint density at radius 1 is 1.37 bits per heavy atom. The van der Waals surface area contributed by atoms with E-state index in [9.17, 15) is 4.79 Å². The van der Waals surface area contributed by atoms with Crippen LogP contribution in [0, 0.1) is 5.92 Å². The second kappa shape index (κ2) is 8.51. The lowest BCUT2D eigenvalue weighted by Crippen LogP contribution is -2.50. The second-order valence-electron chi connectivity index (χ2n) is 5.60. The van der Waals surface area contributed by atoms with E-state index in [1.54, 1.807) is 7.11 Å². The van der Waals surface area contributed by atoms with Gasteiger partial charge in [-0.1, -0.05) is 0 Å². The zero-order chi connectivity index (χ0) is 14.3. The predicted molar refractivity (Wildman–Crippen MR) is 77.2 cm³/mol. The highest BCUT2D eigenvalue weighted by Gasteiger charge is 2.24. The monoisotopic (exact) mass is 271 g/mol. The van der Waals surface area contributed by atoms with Crippen LogP contribution >= 0.6 is 0 Å². The van der Waals surface area contributed by atoms with Gasteiger partial charge < -0.3 is 20.3 Å². The Morgan fingerprint density at radius 2 is 2.00 bits per heavy atom. The van der Waals surface area contributed by atoms with Crippen LogP contribution in [0.3, 0.4) is 0 Å². The van der Waals surface area contributed by atoms with Gasteiger partial charge in [0.25, 0.3) is 0 Å². The average molecular weight is 271 g/mol. The number of carbonyl (C=O) groups excluding carboxylic acids is 1. The number of hydrogen-bond donors (Lipinski definition) is 2. The Hall–Kier alpha value is -0.650. The molecule has 1 aliphatic rings. The fraction of sp³-hybridized carbons (Fsp3) is 0.929. The van der Waals surface area contributed by atoms with Crippen LogP contribution in [-0.2, 0) is 9.53 Å². The average Bonchev–Trinajstić information content (AvgIpc) is 2.39. The van der Waals surface area contributed by atoms with E-state index < -0.39 is 0 Å². The number of piperidine rings is 1. The first-order chi connectivity index (χ1) is 9.04. The van der Waals surface area contributed by atoms with Gasteiger partial charge in [0.15, 0.2) is 0 Å². The lowest BCUT2D eigenvalue weighted by molar-refractivity contribution is -0.123. The molecule has 112 valence electrons. The molecular formula is C14H29N3O2. The van der Waals surface area contributed by atoms with E-state index in [0.29, 0.717) is 25.1 Å². The molecule has 1 saturated heterocycles. The summed E-state index contributed by atoms with van der Waals surface area (Å²) in [7, 11) is 3.80. The molecule has 0 aromatic carbocycles. The summed E-state index contributed by atoms with van der Waals surface area (Å²) in [4.78, 5) is 14.2. The molecule has 2 unspecified atom stereocenters. The van der Waals surface area contributed by atoms with Crippen LogP contribution < -0.4 is 10.6 Å². The van der Waals surface area contributed by atoms with E-state index in [0.717, 1.165) is 13.1 Å². The number of likely N-dealkylation sites (tertiary alicyclic amines) is 1. The lowest BCUT2D eigenvalue weighted by atomic mass is 9.90. The third-order valence-electron chi connectivity index (χ3n) is 3.98. The molecule has 0 aromatic heterocycles. The Balaban J connectivity index is 2.26. The van der Waals surface area contributed by atoms with Gasteiger partial charge in [0, 0.05) is 19.7 Å². The third-order valence-corrected chi connectivity index (χ3v) is 3.98. The van der Waals surface area contributed by atoms with Crippen LogP contribution in [0.1, 0.15) is 26.7 Å². The molecule has 1 fully saturated rings. The zero-order valence-corrected chi connectivity index (χ0v) is 12.7. The number of nitrogens with one attached hydrogen (secondary N) is 2. The molecule has 0 radical (unpaired) electrons. The highest BCUT2D eigenvalue weighted by Crippen LogP contribution is 2.19. The maximum absolute atomic E-state index is 11.9. The van der Waals surface area contributed by atoms with Crippen LogP contribution in [-0.4, -0.2) is 63.3 Å². The topological polar surface area (TPSA) is 53.6 Å². The summed E-state index contributed by atoms with van der Waals surface area (Å²) in [6.45, 7) is 7.56. The summed E-state index contributed by atoms with van der Waals surface area (Å²) in [5.74, 6) is 0.724. The number of ether oxygens (including phenoxy) is 1. The SMILES string of the molecule is COCCNC(=O)C(C)NC(C)C1CCN(C)CC1. The van der Waals surface area contributed by atoms with E-state index in [4.69, 9.17) is 4.74 Å². The van der Waals surface area contributed by atoms with Gasteiger partial charge >= 0.3 is 0 Å². The van der Waals surface area contributed by atoms with Gasteiger partial charge in [-0.2, -0.15) is 0 Å². The summed E-state index contributed by atoms with van der Waals surface area (Å²) in [6, 6.07) is 0.239. The van der Waals surface area contributed by atoms with Crippen molar-refractivity contribution >= 4 is 5.91 Å². The Morgan fingerprint density at radius 3 is 2.58 bits per heavy atom. The molecule has 2 atom stereocenters. The molecule has 5 heteroatoms. The lowest BCUT2D eigenvalue weighted by Gasteiger charge is -2.34. The maximum Gasteiger partial charge on any atom is 0.236 e. The van der Waals surface area contributed by atoms with Crippen LogP contribution in [0.4, 0.5) is 0 Å². The van der Waals surface area contributed by atoms with Gasteiger partial charge in [0.1, 0.15) is 0 Å². The molecule has 2 N–H and O–H groups in total. The standard InChI is InChI=1S/C14H29N3O2/c1-11(13-5-8-17(3)9-6-13)16-12(2)14(18)15-7-10-19-4/h11-13,16H,5-10H2,1-4H3,(H,15,18). The first-order valence-electron chi connectivity index (χ1n) is 7.25. The summed E-state index contributed by atoms with van der Waals surface area (Å²) >= 11 is 0. The number of rotatable bonds is 7. The van der Waals surface area contributed by atoms with Crippen molar-refractivity contribution in [2.24, 2.45) is 5.92 Å². The highest BCUT2D eigenvalue weighted by atomic mass is 16.5.